The molecule has 0 spiro atoms. The summed E-state index contributed by atoms with van der Waals surface area (Å²) in [5.41, 5.74) is -1.45. The smallest absolute Gasteiger partial charge is 0.408 e. The Hall–Kier alpha value is -1.79. The summed E-state index contributed by atoms with van der Waals surface area (Å²) in [5.74, 6) is -1.05. The minimum absolute atomic E-state index is 0.0786. The second-order valence-electron chi connectivity index (χ2n) is 9.92. The van der Waals surface area contributed by atoms with Crippen LogP contribution >= 0.6 is 0 Å². The van der Waals surface area contributed by atoms with Gasteiger partial charge in [-0.05, 0) is 44.4 Å². The van der Waals surface area contributed by atoms with Crippen LogP contribution < -0.4 is 10.6 Å². The summed E-state index contributed by atoms with van der Waals surface area (Å²) >= 11 is 0. The van der Waals surface area contributed by atoms with Gasteiger partial charge in [-0.2, -0.15) is 0 Å². The number of amides is 2. The van der Waals surface area contributed by atoms with E-state index >= 15 is 0 Å². The molecule has 0 fully saturated rings. The van der Waals surface area contributed by atoms with Crippen molar-refractivity contribution in [2.24, 2.45) is 10.8 Å². The zero-order valence-corrected chi connectivity index (χ0v) is 18.3. The number of esters is 1. The maximum atomic E-state index is 12.9. The number of carbonyl (C=O) groups is 3. The van der Waals surface area contributed by atoms with Crippen LogP contribution in [-0.2, 0) is 19.1 Å². The van der Waals surface area contributed by atoms with Crippen molar-refractivity contribution in [3.05, 3.63) is 0 Å². The highest BCUT2D eigenvalue weighted by Gasteiger charge is 2.33. The van der Waals surface area contributed by atoms with E-state index in [9.17, 15) is 14.4 Å². The molecule has 0 rings (SSSR count). The van der Waals surface area contributed by atoms with Crippen molar-refractivity contribution in [2.75, 3.05) is 7.11 Å². The molecule has 0 bridgehead atoms. The number of ether oxygens (including phenoxy) is 2. The van der Waals surface area contributed by atoms with E-state index in [0.717, 1.165) is 0 Å². The molecular weight excluding hydrogens is 348 g/mol. The minimum atomic E-state index is -0.942. The molecule has 0 heterocycles. The fourth-order valence-electron chi connectivity index (χ4n) is 2.43. The van der Waals surface area contributed by atoms with E-state index in [2.05, 4.69) is 10.6 Å². The molecule has 27 heavy (non-hydrogen) atoms. The third-order valence-electron chi connectivity index (χ3n) is 3.38. The van der Waals surface area contributed by atoms with Crippen LogP contribution in [-0.4, -0.2) is 42.8 Å². The third-order valence-corrected chi connectivity index (χ3v) is 3.38. The maximum Gasteiger partial charge on any atom is 0.408 e. The van der Waals surface area contributed by atoms with Gasteiger partial charge in [0.25, 0.3) is 0 Å². The summed E-state index contributed by atoms with van der Waals surface area (Å²) in [4.78, 5) is 37.2. The zero-order valence-electron chi connectivity index (χ0n) is 19.3. The molecule has 0 aliphatic carbocycles. The SMILES string of the molecule is [2H]CC(C)(C)C[C@H](NC(=O)OC(C)(C)C)C(=O)N[C@@H](CC(C)(C)C)C(=O)OC. The average molecular weight is 388 g/mol. The number of methoxy groups -OCH3 is 1. The summed E-state index contributed by atoms with van der Waals surface area (Å²) in [7, 11) is 1.27. The van der Waals surface area contributed by atoms with Crippen LogP contribution in [0.15, 0.2) is 0 Å². The quantitative estimate of drug-likeness (QED) is 0.681. The highest BCUT2D eigenvalue weighted by Crippen LogP contribution is 2.23. The Kier molecular flexibility index (Phi) is 8.11. The molecule has 0 aromatic rings. The Morgan fingerprint density at radius 2 is 1.41 bits per heavy atom. The second kappa shape index (κ2) is 9.42. The second-order valence-corrected chi connectivity index (χ2v) is 9.92. The van der Waals surface area contributed by atoms with E-state index in [1.165, 1.54) is 7.11 Å². The van der Waals surface area contributed by atoms with Crippen LogP contribution in [0.1, 0.15) is 76.5 Å². The summed E-state index contributed by atoms with van der Waals surface area (Å²) < 4.78 is 17.7. The standard InChI is InChI=1S/C20H38N2O5/c1-18(2,3)11-13(22-17(25)27-20(7,8)9)15(23)21-14(16(24)26-10)12-19(4,5)6/h13-14H,11-12H2,1-10H3,(H,21,23)(H,22,25)/t13-,14-/m0/s1/i1D. The average Bonchev–Trinajstić information content (AvgIpc) is 2.49. The van der Waals surface area contributed by atoms with Crippen LogP contribution in [0.5, 0.6) is 0 Å². The summed E-state index contributed by atoms with van der Waals surface area (Å²) in [5, 5.41) is 5.27. The van der Waals surface area contributed by atoms with Crippen molar-refractivity contribution in [1.29, 1.82) is 0 Å². The molecule has 7 nitrogen and oxygen atoms in total. The molecule has 2 atom stereocenters. The van der Waals surface area contributed by atoms with Crippen LogP contribution in [0, 0.1) is 10.8 Å². The van der Waals surface area contributed by atoms with Gasteiger partial charge in [-0.3, -0.25) is 4.79 Å². The Labute approximate surface area is 165 Å². The molecule has 0 aromatic carbocycles. The van der Waals surface area contributed by atoms with E-state index < -0.39 is 41.1 Å². The number of rotatable bonds is 6. The Morgan fingerprint density at radius 3 is 1.81 bits per heavy atom. The van der Waals surface area contributed by atoms with Gasteiger partial charge in [-0.15, -0.1) is 0 Å². The predicted octanol–water partition coefficient (Wildman–Crippen LogP) is 3.41. The van der Waals surface area contributed by atoms with Crippen molar-refractivity contribution < 1.29 is 25.2 Å². The van der Waals surface area contributed by atoms with Crippen molar-refractivity contribution in [2.45, 2.75) is 92.8 Å². The molecule has 2 N–H and O–H groups in total. The first-order valence-corrected chi connectivity index (χ1v) is 9.16. The van der Waals surface area contributed by atoms with Crippen LogP contribution in [0.25, 0.3) is 0 Å². The van der Waals surface area contributed by atoms with Gasteiger partial charge in [-0.1, -0.05) is 41.5 Å². The van der Waals surface area contributed by atoms with Gasteiger partial charge in [0, 0.05) is 1.37 Å². The van der Waals surface area contributed by atoms with Crippen LogP contribution in [0.2, 0.25) is 0 Å². The topological polar surface area (TPSA) is 93.7 Å². The lowest BCUT2D eigenvalue weighted by atomic mass is 9.86. The number of carbonyl (C=O) groups excluding carboxylic acids is 3. The van der Waals surface area contributed by atoms with Gasteiger partial charge in [-0.25, -0.2) is 9.59 Å². The van der Waals surface area contributed by atoms with Gasteiger partial charge >= 0.3 is 12.1 Å². The normalized spacial score (nSPS) is 15.2. The molecule has 7 heteroatoms. The molecule has 0 aliphatic rings. The Bertz CT molecular complexity index is 550. The first kappa shape index (κ1) is 23.2. The molecule has 0 saturated carbocycles. The molecule has 0 aliphatic heterocycles. The lowest BCUT2D eigenvalue weighted by Gasteiger charge is -2.30. The van der Waals surface area contributed by atoms with Crippen molar-refractivity contribution >= 4 is 18.0 Å². The van der Waals surface area contributed by atoms with Crippen LogP contribution in [0.4, 0.5) is 4.79 Å². The predicted molar refractivity (Wildman–Crippen MR) is 105 cm³/mol. The van der Waals surface area contributed by atoms with Gasteiger partial charge in [0.05, 0.1) is 7.11 Å². The highest BCUT2D eigenvalue weighted by molar-refractivity contribution is 5.89. The number of alkyl carbamates (subject to hydrolysis) is 1. The van der Waals surface area contributed by atoms with Gasteiger partial charge < -0.3 is 20.1 Å². The summed E-state index contributed by atoms with van der Waals surface area (Å²) in [6.45, 7) is 14.8. The van der Waals surface area contributed by atoms with Gasteiger partial charge in [0.1, 0.15) is 17.7 Å². The number of hydrogen-bond acceptors (Lipinski definition) is 5. The lowest BCUT2D eigenvalue weighted by molar-refractivity contribution is -0.146. The summed E-state index contributed by atoms with van der Waals surface area (Å²) in [6, 6.07) is -1.78. The molecular formula is C20H38N2O5. The van der Waals surface area contributed by atoms with Crippen molar-refractivity contribution in [3.8, 4) is 0 Å². The Morgan fingerprint density at radius 1 is 0.889 bits per heavy atom. The van der Waals surface area contributed by atoms with E-state index in [4.69, 9.17) is 10.8 Å². The number of nitrogens with one attached hydrogen (secondary N) is 2. The largest absolute Gasteiger partial charge is 0.467 e. The van der Waals surface area contributed by atoms with E-state index in [-0.39, 0.29) is 18.7 Å². The Balaban J connectivity index is 5.46. The molecule has 158 valence electrons. The van der Waals surface area contributed by atoms with Crippen molar-refractivity contribution in [1.82, 2.24) is 10.6 Å². The molecule has 0 unspecified atom stereocenters. The van der Waals surface area contributed by atoms with Gasteiger partial charge in [0.15, 0.2) is 0 Å². The van der Waals surface area contributed by atoms with Crippen LogP contribution in [0.3, 0.4) is 0 Å². The fourth-order valence-corrected chi connectivity index (χ4v) is 2.43. The third kappa shape index (κ3) is 12.3. The lowest BCUT2D eigenvalue weighted by Crippen LogP contribution is -2.54. The first-order valence-electron chi connectivity index (χ1n) is 9.87. The van der Waals surface area contributed by atoms with E-state index in [0.29, 0.717) is 6.42 Å². The molecule has 2 amide bonds. The van der Waals surface area contributed by atoms with E-state index in [1.54, 1.807) is 20.8 Å². The molecule has 0 radical (unpaired) electrons. The molecule has 0 aromatic heterocycles. The first-order chi connectivity index (χ1) is 12.5. The highest BCUT2D eigenvalue weighted by atomic mass is 16.6. The fraction of sp³-hybridized carbons (Fsp3) is 0.850. The van der Waals surface area contributed by atoms with Gasteiger partial charge in [0.2, 0.25) is 5.91 Å². The minimum Gasteiger partial charge on any atom is -0.467 e. The monoisotopic (exact) mass is 387 g/mol. The number of hydrogen-bond donors (Lipinski definition) is 2. The maximum absolute atomic E-state index is 12.9. The van der Waals surface area contributed by atoms with E-state index in [1.807, 2.05) is 34.6 Å². The zero-order chi connectivity index (χ0) is 22.3. The van der Waals surface area contributed by atoms with Crippen molar-refractivity contribution in [3.63, 3.8) is 0 Å². The molecule has 0 saturated heterocycles. The summed E-state index contributed by atoms with van der Waals surface area (Å²) in [6.07, 6.45) is -0.115.